The molecule has 0 amide bonds. The largest absolute Gasteiger partial charge is 0.481 e. The predicted molar refractivity (Wildman–Crippen MR) is 46.8 cm³/mol. The fourth-order valence-corrected chi connectivity index (χ4v) is 3.09. The van der Waals surface area contributed by atoms with Crippen molar-refractivity contribution in [3.8, 4) is 0 Å². The molecule has 84 valence electrons. The molecule has 0 aromatic heterocycles. The molecule has 0 unspecified atom stereocenters. The summed E-state index contributed by atoms with van der Waals surface area (Å²) in [6, 6.07) is 0. The van der Waals surface area contributed by atoms with Gasteiger partial charge in [-0.25, -0.2) is 4.39 Å². The van der Waals surface area contributed by atoms with Crippen LogP contribution >= 0.6 is 0 Å². The van der Waals surface area contributed by atoms with Crippen LogP contribution in [0.3, 0.4) is 0 Å². The molecule has 2 saturated carbocycles. The Bertz CT molecular complexity index is 360. The van der Waals surface area contributed by atoms with E-state index in [9.17, 15) is 14.0 Å². The highest BCUT2D eigenvalue weighted by atomic mass is 19.1. The smallest absolute Gasteiger partial charge is 0.324 e. The molecule has 0 bridgehead atoms. The number of carboxylic acids is 2. The van der Waals surface area contributed by atoms with Crippen molar-refractivity contribution in [2.45, 2.75) is 25.1 Å². The Hall–Kier alpha value is -1.17. The van der Waals surface area contributed by atoms with Crippen LogP contribution in [0.5, 0.6) is 0 Å². The first-order chi connectivity index (χ1) is 6.76. The van der Waals surface area contributed by atoms with Crippen molar-refractivity contribution >= 4 is 11.9 Å². The third kappa shape index (κ3) is 0.903. The summed E-state index contributed by atoms with van der Waals surface area (Å²) < 4.78 is 13.5. The van der Waals surface area contributed by atoms with Gasteiger partial charge in [0.25, 0.3) is 0 Å². The number of carboxylic acid groups (broad SMARTS) is 2. The van der Waals surface area contributed by atoms with Crippen molar-refractivity contribution in [1.29, 1.82) is 0 Å². The summed E-state index contributed by atoms with van der Waals surface area (Å²) in [5.74, 6) is -4.21. The van der Waals surface area contributed by atoms with E-state index in [0.717, 1.165) is 0 Å². The van der Waals surface area contributed by atoms with Crippen LogP contribution in [0.4, 0.5) is 4.39 Å². The quantitative estimate of drug-likeness (QED) is 0.597. The summed E-state index contributed by atoms with van der Waals surface area (Å²) in [7, 11) is 0. The Labute approximate surface area is 85.1 Å². The molecule has 2 rings (SSSR count). The zero-order valence-electron chi connectivity index (χ0n) is 8.11. The summed E-state index contributed by atoms with van der Waals surface area (Å²) in [5.41, 5.74) is 2.74. The number of nitrogens with two attached hydrogens (primary N) is 1. The van der Waals surface area contributed by atoms with Gasteiger partial charge in [-0.2, -0.15) is 0 Å². The number of fused-ring (bicyclic) bond motifs is 1. The molecule has 5 atom stereocenters. The van der Waals surface area contributed by atoms with Crippen LogP contribution in [-0.4, -0.2) is 33.9 Å². The summed E-state index contributed by atoms with van der Waals surface area (Å²) >= 11 is 0. The zero-order valence-corrected chi connectivity index (χ0v) is 8.11. The maximum absolute atomic E-state index is 13.5. The molecule has 4 N–H and O–H groups in total. The molecule has 0 aliphatic heterocycles. The van der Waals surface area contributed by atoms with Gasteiger partial charge < -0.3 is 15.9 Å². The number of halogens is 1. The fourth-order valence-electron chi connectivity index (χ4n) is 3.09. The van der Waals surface area contributed by atoms with Gasteiger partial charge in [-0.05, 0) is 0 Å². The lowest BCUT2D eigenvalue weighted by Crippen LogP contribution is -2.54. The number of carbonyl (C=O) groups is 2. The van der Waals surface area contributed by atoms with Crippen molar-refractivity contribution < 1.29 is 24.2 Å². The molecule has 2 aliphatic rings. The van der Waals surface area contributed by atoms with Gasteiger partial charge in [-0.15, -0.1) is 0 Å². The number of aliphatic carboxylic acids is 2. The maximum atomic E-state index is 13.5. The van der Waals surface area contributed by atoms with Crippen LogP contribution < -0.4 is 5.73 Å². The molecule has 15 heavy (non-hydrogen) atoms. The average molecular weight is 217 g/mol. The molecule has 0 saturated heterocycles. The van der Waals surface area contributed by atoms with Gasteiger partial charge in [-0.3, -0.25) is 9.59 Å². The molecule has 0 radical (unpaired) electrons. The van der Waals surface area contributed by atoms with Crippen molar-refractivity contribution in [2.75, 3.05) is 0 Å². The summed E-state index contributed by atoms with van der Waals surface area (Å²) in [6.45, 7) is 1.45. The zero-order chi connectivity index (χ0) is 11.6. The number of hydrogen-bond acceptors (Lipinski definition) is 3. The van der Waals surface area contributed by atoms with Gasteiger partial charge in [0, 0.05) is 17.8 Å². The summed E-state index contributed by atoms with van der Waals surface area (Å²) in [5, 5.41) is 17.8. The second kappa shape index (κ2) is 2.49. The van der Waals surface area contributed by atoms with Crippen LogP contribution in [-0.2, 0) is 9.59 Å². The van der Waals surface area contributed by atoms with Crippen LogP contribution in [0.25, 0.3) is 0 Å². The normalized spacial score (nSPS) is 52.3. The summed E-state index contributed by atoms with van der Waals surface area (Å²) in [4.78, 5) is 21.8. The predicted octanol–water partition coefficient (Wildman–Crippen LogP) is -0.153. The number of alkyl halides is 1. The van der Waals surface area contributed by atoms with Crippen molar-refractivity contribution in [3.63, 3.8) is 0 Å². The Morgan fingerprint density at radius 1 is 1.47 bits per heavy atom. The van der Waals surface area contributed by atoms with Gasteiger partial charge in [0.05, 0.1) is 5.92 Å². The van der Waals surface area contributed by atoms with Crippen LogP contribution in [0.15, 0.2) is 0 Å². The third-order valence-corrected chi connectivity index (χ3v) is 4.10. The van der Waals surface area contributed by atoms with Gasteiger partial charge in [0.15, 0.2) is 0 Å². The molecule has 0 spiro atoms. The van der Waals surface area contributed by atoms with E-state index >= 15 is 0 Å². The Morgan fingerprint density at radius 3 is 2.33 bits per heavy atom. The highest BCUT2D eigenvalue weighted by molar-refractivity contribution is 5.87. The minimum atomic E-state index is -1.75. The second-order valence-electron chi connectivity index (χ2n) is 4.62. The third-order valence-electron chi connectivity index (χ3n) is 4.10. The first kappa shape index (κ1) is 10.4. The first-order valence-corrected chi connectivity index (χ1v) is 4.66. The van der Waals surface area contributed by atoms with Gasteiger partial charge in [0.1, 0.15) is 11.7 Å². The molecule has 0 aromatic rings. The van der Waals surface area contributed by atoms with Crippen LogP contribution in [0, 0.1) is 17.3 Å². The number of rotatable bonds is 2. The van der Waals surface area contributed by atoms with E-state index in [1.165, 1.54) is 6.92 Å². The van der Waals surface area contributed by atoms with E-state index in [1.807, 2.05) is 0 Å². The number of hydrogen-bond donors (Lipinski definition) is 3. The van der Waals surface area contributed by atoms with E-state index in [-0.39, 0.29) is 6.42 Å². The van der Waals surface area contributed by atoms with Crippen LogP contribution in [0.2, 0.25) is 0 Å². The van der Waals surface area contributed by atoms with E-state index in [2.05, 4.69) is 0 Å². The molecule has 5 nitrogen and oxygen atoms in total. The van der Waals surface area contributed by atoms with E-state index in [1.54, 1.807) is 0 Å². The monoisotopic (exact) mass is 217 g/mol. The maximum Gasteiger partial charge on any atom is 0.324 e. The van der Waals surface area contributed by atoms with Crippen LogP contribution in [0.1, 0.15) is 13.3 Å². The molecular formula is C9H12FNO4. The van der Waals surface area contributed by atoms with Gasteiger partial charge in [-0.1, -0.05) is 6.92 Å². The molecule has 6 heteroatoms. The van der Waals surface area contributed by atoms with Gasteiger partial charge >= 0.3 is 11.9 Å². The van der Waals surface area contributed by atoms with Crippen molar-refractivity contribution in [2.24, 2.45) is 23.0 Å². The minimum absolute atomic E-state index is 0.298. The molecule has 0 aromatic carbocycles. The summed E-state index contributed by atoms with van der Waals surface area (Å²) in [6.07, 6.45) is -1.73. The lowest BCUT2D eigenvalue weighted by molar-refractivity contribution is -0.148. The standard InChI is InChI=1S/C9H12FNO4/c1-8-4(5(8)6(12)13)3(10)2-9(8,11)7(14)15/h3-5H,2,11H2,1H3,(H,12,13)(H,14,15)/t3-,4+,5-,8+,9-/m1/s1. The SMILES string of the molecule is C[C@@]12[C@@H]([C@H](F)C[C@@]1(N)C(=O)O)[C@@H]2C(=O)O. The topological polar surface area (TPSA) is 101 Å². The Kier molecular flexibility index (Phi) is 1.72. The molecule has 0 heterocycles. The van der Waals surface area contributed by atoms with E-state index < -0.39 is 40.9 Å². The second-order valence-corrected chi connectivity index (χ2v) is 4.62. The first-order valence-electron chi connectivity index (χ1n) is 4.66. The minimum Gasteiger partial charge on any atom is -0.481 e. The Morgan fingerprint density at radius 2 is 2.00 bits per heavy atom. The van der Waals surface area contributed by atoms with Crippen molar-refractivity contribution in [1.82, 2.24) is 0 Å². The molecular weight excluding hydrogens is 205 g/mol. The van der Waals surface area contributed by atoms with E-state index in [0.29, 0.717) is 0 Å². The molecule has 2 fully saturated rings. The lowest BCUT2D eigenvalue weighted by Gasteiger charge is -2.28. The molecule has 2 aliphatic carbocycles. The Balaban J connectivity index is 2.41. The fraction of sp³-hybridized carbons (Fsp3) is 0.778. The lowest BCUT2D eigenvalue weighted by atomic mass is 9.81. The highest BCUT2D eigenvalue weighted by Gasteiger charge is 2.82. The van der Waals surface area contributed by atoms with Crippen molar-refractivity contribution in [3.05, 3.63) is 0 Å². The average Bonchev–Trinajstić information content (AvgIpc) is 2.67. The van der Waals surface area contributed by atoms with E-state index in [4.69, 9.17) is 15.9 Å². The van der Waals surface area contributed by atoms with Gasteiger partial charge in [0.2, 0.25) is 0 Å². The highest BCUT2D eigenvalue weighted by Crippen LogP contribution is 2.72.